The van der Waals surface area contributed by atoms with Gasteiger partial charge in [-0.3, -0.25) is 10.1 Å². The summed E-state index contributed by atoms with van der Waals surface area (Å²) in [6.45, 7) is 5.06. The van der Waals surface area contributed by atoms with Gasteiger partial charge in [0, 0.05) is 23.5 Å². The number of nitrogens with one attached hydrogen (secondary N) is 1. The molecule has 31 heavy (non-hydrogen) atoms. The molecule has 2 aromatic rings. The lowest BCUT2D eigenvalue weighted by Crippen LogP contribution is -2.42. The third kappa shape index (κ3) is 4.63. The molecule has 1 aliphatic heterocycles. The van der Waals surface area contributed by atoms with Crippen molar-refractivity contribution in [1.29, 1.82) is 0 Å². The van der Waals surface area contributed by atoms with Crippen LogP contribution in [0.1, 0.15) is 54.0 Å². The Hall–Kier alpha value is -1.97. The minimum absolute atomic E-state index is 0.0300. The van der Waals surface area contributed by atoms with Crippen LogP contribution in [0.15, 0.2) is 23.1 Å². The second-order valence-corrected chi connectivity index (χ2v) is 11.7. The summed E-state index contributed by atoms with van der Waals surface area (Å²) < 4.78 is 33.7. The van der Waals surface area contributed by atoms with Crippen LogP contribution in [-0.4, -0.2) is 43.8 Å². The summed E-state index contributed by atoms with van der Waals surface area (Å²) in [4.78, 5) is 18.7. The van der Waals surface area contributed by atoms with Gasteiger partial charge in [0.15, 0.2) is 5.13 Å². The van der Waals surface area contributed by atoms with E-state index in [0.29, 0.717) is 18.2 Å². The molecule has 1 saturated heterocycles. The van der Waals surface area contributed by atoms with E-state index in [9.17, 15) is 13.2 Å². The number of piperidine rings is 1. The summed E-state index contributed by atoms with van der Waals surface area (Å²) in [7, 11) is -2.35. The van der Waals surface area contributed by atoms with Crippen molar-refractivity contribution in [3.63, 3.8) is 0 Å². The van der Waals surface area contributed by atoms with E-state index < -0.39 is 10.0 Å². The average molecular weight is 464 g/mol. The van der Waals surface area contributed by atoms with Crippen molar-refractivity contribution in [2.75, 3.05) is 25.5 Å². The first kappa shape index (κ1) is 22.2. The number of thiazole rings is 1. The molecule has 4 rings (SSSR count). The van der Waals surface area contributed by atoms with Crippen LogP contribution in [-0.2, 0) is 22.9 Å². The summed E-state index contributed by atoms with van der Waals surface area (Å²) in [5.41, 5.74) is 1.34. The maximum atomic E-state index is 13.4. The topological polar surface area (TPSA) is 88.6 Å². The Balaban J connectivity index is 1.61. The molecule has 0 bridgehead atoms. The first-order valence-corrected chi connectivity index (χ1v) is 13.0. The number of sulfonamides is 1. The average Bonchev–Trinajstić information content (AvgIpc) is 3.14. The minimum atomic E-state index is -3.79. The molecule has 7 nitrogen and oxygen atoms in total. The standard InChI is InChI=1S/C22H29N3O4S2/c1-14-10-15(2)13-25(12-14)31(27,28)20-11-16(8-9-18(20)29-3)21(26)24-22-23-17-6-4-5-7-19(17)30-22/h8-9,11,14-15H,4-7,10,12-13H2,1-3H3,(H,23,24,26)/t14-,15-/m0/s1. The Morgan fingerprint density at radius 2 is 1.90 bits per heavy atom. The summed E-state index contributed by atoms with van der Waals surface area (Å²) in [6.07, 6.45) is 5.22. The molecule has 1 aromatic carbocycles. The Morgan fingerprint density at radius 1 is 1.19 bits per heavy atom. The van der Waals surface area contributed by atoms with Crippen LogP contribution in [0.3, 0.4) is 0 Å². The number of carbonyl (C=O) groups excluding carboxylic acids is 1. The number of anilines is 1. The van der Waals surface area contributed by atoms with Crippen LogP contribution < -0.4 is 10.1 Å². The van der Waals surface area contributed by atoms with Crippen LogP contribution in [0.4, 0.5) is 5.13 Å². The van der Waals surface area contributed by atoms with Crippen molar-refractivity contribution < 1.29 is 17.9 Å². The SMILES string of the molecule is COc1ccc(C(=O)Nc2nc3c(s2)CCCC3)cc1S(=O)(=O)N1C[C@@H](C)C[C@H](C)C1. The zero-order valence-electron chi connectivity index (χ0n) is 18.2. The van der Waals surface area contributed by atoms with Gasteiger partial charge < -0.3 is 4.74 Å². The van der Waals surface area contributed by atoms with Crippen LogP contribution in [0.25, 0.3) is 0 Å². The number of hydrogen-bond donors (Lipinski definition) is 1. The number of amides is 1. The van der Waals surface area contributed by atoms with Crippen molar-refractivity contribution in [3.8, 4) is 5.75 Å². The molecule has 168 valence electrons. The maximum absolute atomic E-state index is 13.4. The van der Waals surface area contributed by atoms with Crippen LogP contribution in [0.2, 0.25) is 0 Å². The molecule has 2 aliphatic rings. The molecule has 1 aliphatic carbocycles. The number of ether oxygens (including phenoxy) is 1. The molecular weight excluding hydrogens is 434 g/mol. The summed E-state index contributed by atoms with van der Waals surface area (Å²) >= 11 is 1.50. The number of methoxy groups -OCH3 is 1. The minimum Gasteiger partial charge on any atom is -0.495 e. The number of fused-ring (bicyclic) bond motifs is 1. The highest BCUT2D eigenvalue weighted by Gasteiger charge is 2.34. The molecule has 1 N–H and O–H groups in total. The summed E-state index contributed by atoms with van der Waals surface area (Å²) in [5, 5.41) is 3.41. The van der Waals surface area contributed by atoms with Gasteiger partial charge in [0.2, 0.25) is 10.0 Å². The summed E-state index contributed by atoms with van der Waals surface area (Å²) in [5.74, 6) is 0.441. The molecule has 0 radical (unpaired) electrons. The van der Waals surface area contributed by atoms with Crippen molar-refractivity contribution in [2.45, 2.75) is 50.8 Å². The lowest BCUT2D eigenvalue weighted by molar-refractivity contribution is 0.102. The smallest absolute Gasteiger partial charge is 0.257 e. The van der Waals surface area contributed by atoms with Gasteiger partial charge in [-0.25, -0.2) is 13.4 Å². The predicted octanol–water partition coefficient (Wildman–Crippen LogP) is 3.95. The highest BCUT2D eigenvalue weighted by atomic mass is 32.2. The van der Waals surface area contributed by atoms with E-state index in [1.54, 1.807) is 12.1 Å². The van der Waals surface area contributed by atoms with E-state index in [1.807, 2.05) is 0 Å². The van der Waals surface area contributed by atoms with E-state index in [-0.39, 0.29) is 34.0 Å². The third-order valence-corrected chi connectivity index (χ3v) is 8.87. The van der Waals surface area contributed by atoms with Gasteiger partial charge in [-0.15, -0.1) is 11.3 Å². The first-order chi connectivity index (χ1) is 14.8. The molecule has 2 atom stereocenters. The number of hydrogen-bond acceptors (Lipinski definition) is 6. The molecule has 0 unspecified atom stereocenters. The lowest BCUT2D eigenvalue weighted by Gasteiger charge is -2.34. The van der Waals surface area contributed by atoms with Gasteiger partial charge in [0.05, 0.1) is 12.8 Å². The van der Waals surface area contributed by atoms with Crippen molar-refractivity contribution in [2.24, 2.45) is 11.8 Å². The largest absolute Gasteiger partial charge is 0.495 e. The number of benzene rings is 1. The fourth-order valence-electron chi connectivity index (χ4n) is 4.54. The molecule has 2 heterocycles. The number of carbonyl (C=O) groups is 1. The van der Waals surface area contributed by atoms with Gasteiger partial charge in [-0.2, -0.15) is 4.31 Å². The Morgan fingerprint density at radius 3 is 2.58 bits per heavy atom. The zero-order valence-corrected chi connectivity index (χ0v) is 19.8. The predicted molar refractivity (Wildman–Crippen MR) is 121 cm³/mol. The van der Waals surface area contributed by atoms with Crippen molar-refractivity contribution in [1.82, 2.24) is 9.29 Å². The first-order valence-electron chi connectivity index (χ1n) is 10.8. The fourth-order valence-corrected chi connectivity index (χ4v) is 7.44. The van der Waals surface area contributed by atoms with Gasteiger partial charge in [0.25, 0.3) is 5.91 Å². The Labute approximate surface area is 187 Å². The van der Waals surface area contributed by atoms with Crippen LogP contribution in [0.5, 0.6) is 5.75 Å². The Kier molecular flexibility index (Phi) is 6.37. The highest BCUT2D eigenvalue weighted by Crippen LogP contribution is 2.33. The van der Waals surface area contributed by atoms with E-state index in [4.69, 9.17) is 4.74 Å². The van der Waals surface area contributed by atoms with Gasteiger partial charge >= 0.3 is 0 Å². The molecule has 0 spiro atoms. The summed E-state index contributed by atoms with van der Waals surface area (Å²) in [6, 6.07) is 4.55. The molecule has 1 amide bonds. The van der Waals surface area contributed by atoms with Crippen molar-refractivity contribution >= 4 is 32.4 Å². The van der Waals surface area contributed by atoms with Crippen molar-refractivity contribution in [3.05, 3.63) is 34.3 Å². The molecule has 1 fully saturated rings. The van der Waals surface area contributed by atoms with Crippen LogP contribution >= 0.6 is 11.3 Å². The zero-order chi connectivity index (χ0) is 22.2. The number of nitrogens with zero attached hydrogens (tertiary/aromatic N) is 2. The van der Waals surface area contributed by atoms with Gasteiger partial charge in [-0.1, -0.05) is 13.8 Å². The molecule has 0 saturated carbocycles. The third-order valence-electron chi connectivity index (χ3n) is 5.95. The quantitative estimate of drug-likeness (QED) is 0.725. The second kappa shape index (κ2) is 8.88. The molecular formula is C22H29N3O4S2. The van der Waals surface area contributed by atoms with Crippen LogP contribution in [0, 0.1) is 11.8 Å². The van der Waals surface area contributed by atoms with E-state index in [2.05, 4.69) is 24.1 Å². The number of aryl methyl sites for hydroxylation is 2. The maximum Gasteiger partial charge on any atom is 0.257 e. The highest BCUT2D eigenvalue weighted by molar-refractivity contribution is 7.89. The normalized spacial score (nSPS) is 22.0. The fraction of sp³-hybridized carbons (Fsp3) is 0.545. The van der Waals surface area contributed by atoms with E-state index in [0.717, 1.165) is 37.8 Å². The Bertz CT molecular complexity index is 1050. The number of aromatic nitrogens is 1. The van der Waals surface area contributed by atoms with E-state index >= 15 is 0 Å². The van der Waals surface area contributed by atoms with Gasteiger partial charge in [-0.05, 0) is 62.1 Å². The van der Waals surface area contributed by atoms with E-state index in [1.165, 1.54) is 33.7 Å². The molecule has 1 aromatic heterocycles. The number of rotatable bonds is 5. The molecule has 9 heteroatoms. The lowest BCUT2D eigenvalue weighted by atomic mass is 9.94. The monoisotopic (exact) mass is 463 g/mol. The second-order valence-electron chi connectivity index (χ2n) is 8.68. The van der Waals surface area contributed by atoms with Gasteiger partial charge in [0.1, 0.15) is 10.6 Å².